The maximum atomic E-state index is 13.1. The number of benzene rings is 1. The van der Waals surface area contributed by atoms with Gasteiger partial charge in [0.05, 0.1) is 23.9 Å². The largest absolute Gasteiger partial charge is 0.395 e. The molecule has 12 nitrogen and oxygen atoms in total. The van der Waals surface area contributed by atoms with Crippen LogP contribution in [0.5, 0.6) is 0 Å². The Morgan fingerprint density at radius 1 is 1.19 bits per heavy atom. The SMILES string of the molecule is Cc1cc(C(=O)NCCCCCN(C)CCO)cc(-c2nc([C@H](C)Nc3ncnc(N)c3C#N)nn3ccc(C)c23)c1. The Labute approximate surface area is 245 Å². The topological polar surface area (TPSA) is 170 Å². The molecule has 220 valence electrons. The van der Waals surface area contributed by atoms with Gasteiger partial charge in [-0.05, 0) is 82.6 Å². The first-order valence-electron chi connectivity index (χ1n) is 14.0. The highest BCUT2D eigenvalue weighted by Gasteiger charge is 2.20. The zero-order chi connectivity index (χ0) is 30.2. The molecule has 42 heavy (non-hydrogen) atoms. The molecule has 0 aliphatic carbocycles. The fraction of sp³-hybridized carbons (Fsp3) is 0.400. The number of aliphatic hydroxyl groups is 1. The fourth-order valence-electron chi connectivity index (χ4n) is 4.79. The predicted molar refractivity (Wildman–Crippen MR) is 162 cm³/mol. The molecule has 1 aromatic carbocycles. The first-order chi connectivity index (χ1) is 20.2. The van der Waals surface area contributed by atoms with Gasteiger partial charge in [0.15, 0.2) is 5.82 Å². The number of likely N-dealkylation sites (N-methyl/N-ethyl adjacent to an activating group) is 1. The third kappa shape index (κ3) is 7.18. The van der Waals surface area contributed by atoms with E-state index in [-0.39, 0.29) is 23.9 Å². The van der Waals surface area contributed by atoms with Crippen molar-refractivity contribution in [1.82, 2.24) is 34.8 Å². The van der Waals surface area contributed by atoms with Gasteiger partial charge in [0.2, 0.25) is 0 Å². The number of amides is 1. The Balaban J connectivity index is 1.55. The van der Waals surface area contributed by atoms with E-state index in [2.05, 4.69) is 25.5 Å². The molecule has 1 amide bonds. The van der Waals surface area contributed by atoms with E-state index >= 15 is 0 Å². The normalized spacial score (nSPS) is 11.9. The number of aromatic nitrogens is 5. The lowest BCUT2D eigenvalue weighted by Crippen LogP contribution is -2.25. The van der Waals surface area contributed by atoms with Crippen molar-refractivity contribution in [3.05, 3.63) is 64.9 Å². The molecule has 4 aromatic rings. The summed E-state index contributed by atoms with van der Waals surface area (Å²) in [5.41, 5.74) is 10.9. The lowest BCUT2D eigenvalue weighted by Gasteiger charge is -2.17. The van der Waals surface area contributed by atoms with Gasteiger partial charge in [0.1, 0.15) is 29.6 Å². The number of unbranched alkanes of at least 4 members (excludes halogenated alkanes) is 2. The smallest absolute Gasteiger partial charge is 0.251 e. The summed E-state index contributed by atoms with van der Waals surface area (Å²) in [6.07, 6.45) is 6.06. The van der Waals surface area contributed by atoms with Crippen LogP contribution in [0.25, 0.3) is 16.8 Å². The molecule has 0 saturated heterocycles. The maximum absolute atomic E-state index is 13.1. The summed E-state index contributed by atoms with van der Waals surface area (Å²) in [4.78, 5) is 28.2. The van der Waals surface area contributed by atoms with Crippen molar-refractivity contribution < 1.29 is 9.90 Å². The van der Waals surface area contributed by atoms with Crippen LogP contribution >= 0.6 is 0 Å². The van der Waals surface area contributed by atoms with Crippen molar-refractivity contribution in [1.29, 1.82) is 5.26 Å². The van der Waals surface area contributed by atoms with Crippen molar-refractivity contribution in [2.75, 3.05) is 44.3 Å². The van der Waals surface area contributed by atoms with Crippen LogP contribution in [0.2, 0.25) is 0 Å². The minimum absolute atomic E-state index is 0.0940. The number of carbonyl (C=O) groups excluding carboxylic acids is 1. The quantitative estimate of drug-likeness (QED) is 0.175. The third-order valence-electron chi connectivity index (χ3n) is 7.05. The van der Waals surface area contributed by atoms with Gasteiger partial charge in [0.25, 0.3) is 5.91 Å². The van der Waals surface area contributed by atoms with Crippen molar-refractivity contribution in [2.45, 2.75) is 46.1 Å². The number of aliphatic hydroxyl groups excluding tert-OH is 1. The molecule has 3 heterocycles. The van der Waals surface area contributed by atoms with Crippen LogP contribution in [-0.2, 0) is 0 Å². The molecule has 0 spiro atoms. The second-order valence-corrected chi connectivity index (χ2v) is 10.5. The number of anilines is 2. The number of nitrogens with zero attached hydrogens (tertiary/aromatic N) is 7. The summed E-state index contributed by atoms with van der Waals surface area (Å²) in [6, 6.07) is 9.34. The maximum Gasteiger partial charge on any atom is 0.251 e. The standard InChI is InChI=1S/C30H38N10O2/c1-19-14-22(16-23(15-19)30(42)33-9-6-5-7-10-39(4)12-13-41)25-26-20(2)8-11-40(26)38-28(37-25)21(3)36-29-24(17-31)27(32)34-18-35-29/h8,11,14-16,18,21,41H,5-7,9-10,12-13H2,1-4H3,(H,33,42)(H3,32,34,35,36)/t21-/m0/s1. The Hall–Kier alpha value is -4.60. The van der Waals surface area contributed by atoms with E-state index in [0.29, 0.717) is 36.0 Å². The number of nitriles is 1. The average Bonchev–Trinajstić information content (AvgIpc) is 3.34. The van der Waals surface area contributed by atoms with Crippen LogP contribution in [0, 0.1) is 25.2 Å². The molecule has 0 aliphatic heterocycles. The van der Waals surface area contributed by atoms with Gasteiger partial charge < -0.3 is 26.4 Å². The number of hydrogen-bond donors (Lipinski definition) is 4. The van der Waals surface area contributed by atoms with E-state index in [0.717, 1.165) is 48.0 Å². The van der Waals surface area contributed by atoms with Gasteiger partial charge >= 0.3 is 0 Å². The lowest BCUT2D eigenvalue weighted by atomic mass is 10.0. The molecule has 0 unspecified atom stereocenters. The van der Waals surface area contributed by atoms with Gasteiger partial charge in [-0.1, -0.05) is 6.42 Å². The van der Waals surface area contributed by atoms with Gasteiger partial charge in [-0.15, -0.1) is 0 Å². The van der Waals surface area contributed by atoms with Crippen LogP contribution in [0.3, 0.4) is 0 Å². The highest BCUT2D eigenvalue weighted by atomic mass is 16.3. The summed E-state index contributed by atoms with van der Waals surface area (Å²) in [5, 5.41) is 29.5. The number of nitrogens with two attached hydrogens (primary N) is 1. The number of nitrogen functional groups attached to an aromatic ring is 1. The molecule has 0 fully saturated rings. The summed E-state index contributed by atoms with van der Waals surface area (Å²) in [7, 11) is 1.99. The summed E-state index contributed by atoms with van der Waals surface area (Å²) < 4.78 is 1.78. The second-order valence-electron chi connectivity index (χ2n) is 10.5. The number of aryl methyl sites for hydroxylation is 2. The van der Waals surface area contributed by atoms with Crippen LogP contribution in [0.1, 0.15) is 65.1 Å². The zero-order valence-electron chi connectivity index (χ0n) is 24.6. The van der Waals surface area contributed by atoms with Crippen molar-refractivity contribution in [3.8, 4) is 17.3 Å². The Kier molecular flexibility index (Phi) is 10.0. The third-order valence-corrected chi connectivity index (χ3v) is 7.05. The number of rotatable bonds is 13. The lowest BCUT2D eigenvalue weighted by molar-refractivity contribution is 0.0952. The van der Waals surface area contributed by atoms with Crippen molar-refractivity contribution >= 4 is 23.1 Å². The van der Waals surface area contributed by atoms with E-state index < -0.39 is 6.04 Å². The Bertz CT molecular complexity index is 1590. The predicted octanol–water partition coefficient (Wildman–Crippen LogP) is 3.25. The molecule has 12 heteroatoms. The Morgan fingerprint density at radius 2 is 2.00 bits per heavy atom. The molecular formula is C30H38N10O2. The molecule has 0 saturated carbocycles. The molecule has 4 rings (SSSR count). The highest BCUT2D eigenvalue weighted by Crippen LogP contribution is 2.29. The number of carbonyl (C=O) groups is 1. The molecule has 0 radical (unpaired) electrons. The van der Waals surface area contributed by atoms with E-state index in [4.69, 9.17) is 20.9 Å². The van der Waals surface area contributed by atoms with Gasteiger partial charge in [-0.2, -0.15) is 10.4 Å². The second kappa shape index (κ2) is 13.8. The average molecular weight is 571 g/mol. The summed E-state index contributed by atoms with van der Waals surface area (Å²) in [5.74, 6) is 0.746. The fourth-order valence-corrected chi connectivity index (χ4v) is 4.79. The van der Waals surface area contributed by atoms with Crippen LogP contribution in [0.15, 0.2) is 36.8 Å². The van der Waals surface area contributed by atoms with Crippen molar-refractivity contribution in [3.63, 3.8) is 0 Å². The number of hydrogen-bond acceptors (Lipinski definition) is 10. The number of nitrogens with one attached hydrogen (secondary N) is 2. The van der Waals surface area contributed by atoms with E-state index in [1.165, 1.54) is 6.33 Å². The van der Waals surface area contributed by atoms with Crippen molar-refractivity contribution in [2.24, 2.45) is 0 Å². The van der Waals surface area contributed by atoms with Gasteiger partial charge in [0, 0.05) is 30.4 Å². The molecule has 3 aromatic heterocycles. The summed E-state index contributed by atoms with van der Waals surface area (Å²) >= 11 is 0. The van der Waals surface area contributed by atoms with Gasteiger partial charge in [-0.25, -0.2) is 19.5 Å². The first-order valence-corrected chi connectivity index (χ1v) is 14.0. The highest BCUT2D eigenvalue weighted by molar-refractivity contribution is 5.96. The molecule has 0 bridgehead atoms. The van der Waals surface area contributed by atoms with Crippen LogP contribution < -0.4 is 16.4 Å². The first kappa shape index (κ1) is 30.4. The molecule has 5 N–H and O–H groups in total. The van der Waals surface area contributed by atoms with E-state index in [1.54, 1.807) is 4.52 Å². The van der Waals surface area contributed by atoms with E-state index in [9.17, 15) is 10.1 Å². The minimum Gasteiger partial charge on any atom is -0.395 e. The molecular weight excluding hydrogens is 532 g/mol. The van der Waals surface area contributed by atoms with Crippen LogP contribution in [0.4, 0.5) is 11.6 Å². The van der Waals surface area contributed by atoms with E-state index in [1.807, 2.05) is 64.4 Å². The zero-order valence-corrected chi connectivity index (χ0v) is 24.6. The summed E-state index contributed by atoms with van der Waals surface area (Å²) in [6.45, 7) is 8.18. The number of fused-ring (bicyclic) bond motifs is 1. The molecule has 0 aliphatic rings. The molecule has 1 atom stereocenters. The van der Waals surface area contributed by atoms with Gasteiger partial charge in [-0.3, -0.25) is 4.79 Å². The Morgan fingerprint density at radius 3 is 2.76 bits per heavy atom. The minimum atomic E-state index is -0.423. The van der Waals surface area contributed by atoms with Crippen LogP contribution in [-0.4, -0.2) is 73.8 Å². The monoisotopic (exact) mass is 570 g/mol.